The second-order valence-electron chi connectivity index (χ2n) is 2.90. The maximum atomic E-state index is 12.7. The molecule has 0 fully saturated rings. The molecule has 2 aromatic carbocycles. The largest absolute Gasteiger partial charge is 0.206 e. The predicted octanol–water partition coefficient (Wildman–Crippen LogP) is 3.95. The van der Waals surface area contributed by atoms with E-state index in [1.807, 2.05) is 30.3 Å². The summed E-state index contributed by atoms with van der Waals surface area (Å²) in [5, 5.41) is 0.316. The molecule has 0 aliphatic carbocycles. The topological polar surface area (TPSA) is 0 Å². The molecule has 2 heteroatoms. The molecule has 0 aliphatic heterocycles. The third-order valence-corrected chi connectivity index (χ3v) is 2.24. The number of hydrogen-bond acceptors (Lipinski definition) is 0. The van der Waals surface area contributed by atoms with E-state index in [2.05, 4.69) is 6.07 Å². The molecule has 0 heterocycles. The van der Waals surface area contributed by atoms with Gasteiger partial charge in [-0.05, 0) is 17.7 Å². The lowest BCUT2D eigenvalue weighted by Crippen LogP contribution is -1.81. The van der Waals surface area contributed by atoms with Crippen LogP contribution in [0.1, 0.15) is 0 Å². The van der Waals surface area contributed by atoms with E-state index in [-0.39, 0.29) is 0 Å². The first-order chi connectivity index (χ1) is 6.77. The number of hydrogen-bond donors (Lipinski definition) is 0. The maximum Gasteiger partial charge on any atom is 0.132 e. The zero-order chi connectivity index (χ0) is 9.97. The molecule has 0 bridgehead atoms. The number of rotatable bonds is 1. The van der Waals surface area contributed by atoms with Crippen LogP contribution in [0.4, 0.5) is 4.39 Å². The Balaban J connectivity index is 2.53. The molecular formula is C12H7ClF. The molecule has 0 amide bonds. The molecule has 0 atom stereocenters. The van der Waals surface area contributed by atoms with Crippen LogP contribution in [0.2, 0.25) is 5.02 Å². The van der Waals surface area contributed by atoms with Crippen molar-refractivity contribution in [2.45, 2.75) is 0 Å². The Kier molecular flexibility index (Phi) is 2.51. The molecule has 69 valence electrons. The van der Waals surface area contributed by atoms with Gasteiger partial charge in [0.2, 0.25) is 0 Å². The van der Waals surface area contributed by atoms with Gasteiger partial charge in [0.25, 0.3) is 0 Å². The Labute approximate surface area is 87.0 Å². The molecule has 1 radical (unpaired) electrons. The minimum atomic E-state index is -0.435. The third kappa shape index (κ3) is 1.78. The normalized spacial score (nSPS) is 10.1. The second-order valence-corrected chi connectivity index (χ2v) is 3.28. The molecule has 14 heavy (non-hydrogen) atoms. The highest BCUT2D eigenvalue weighted by Crippen LogP contribution is 2.27. The van der Waals surface area contributed by atoms with Crippen molar-refractivity contribution in [3.05, 3.63) is 59.4 Å². The summed E-state index contributed by atoms with van der Waals surface area (Å²) in [5.41, 5.74) is 1.77. The summed E-state index contributed by atoms with van der Waals surface area (Å²) in [6, 6.07) is 15.0. The standard InChI is InChI=1S/C12H7ClF/c13-12-8-10(14)6-7-11(12)9-4-2-1-3-5-9/h1-7H. The molecule has 2 rings (SSSR count). The summed E-state index contributed by atoms with van der Waals surface area (Å²) in [4.78, 5) is 0. The fourth-order valence-electron chi connectivity index (χ4n) is 1.28. The lowest BCUT2D eigenvalue weighted by atomic mass is 10.1. The van der Waals surface area contributed by atoms with Crippen molar-refractivity contribution in [1.29, 1.82) is 0 Å². The first kappa shape index (κ1) is 9.22. The van der Waals surface area contributed by atoms with E-state index >= 15 is 0 Å². The number of halogens is 2. The van der Waals surface area contributed by atoms with Gasteiger partial charge in [-0.1, -0.05) is 41.9 Å². The van der Waals surface area contributed by atoms with Crippen molar-refractivity contribution in [1.82, 2.24) is 0 Å². The van der Waals surface area contributed by atoms with Crippen molar-refractivity contribution >= 4 is 11.6 Å². The van der Waals surface area contributed by atoms with Crippen LogP contribution >= 0.6 is 11.6 Å². The van der Waals surface area contributed by atoms with Crippen LogP contribution in [0.25, 0.3) is 11.1 Å². The Bertz CT molecular complexity index is 437. The third-order valence-electron chi connectivity index (χ3n) is 1.95. The fraction of sp³-hybridized carbons (Fsp3) is 0. The first-order valence-electron chi connectivity index (χ1n) is 4.20. The predicted molar refractivity (Wildman–Crippen MR) is 55.7 cm³/mol. The van der Waals surface area contributed by atoms with E-state index < -0.39 is 5.82 Å². The molecule has 0 N–H and O–H groups in total. The molecule has 0 saturated heterocycles. The van der Waals surface area contributed by atoms with Crippen LogP contribution in [0.5, 0.6) is 0 Å². The molecule has 0 aromatic heterocycles. The van der Waals surface area contributed by atoms with Crippen molar-refractivity contribution in [3.8, 4) is 11.1 Å². The quantitative estimate of drug-likeness (QED) is 0.662. The average Bonchev–Trinajstić information content (AvgIpc) is 2.19. The fourth-order valence-corrected chi connectivity index (χ4v) is 1.55. The Morgan fingerprint density at radius 1 is 1.00 bits per heavy atom. The average molecular weight is 206 g/mol. The van der Waals surface area contributed by atoms with Crippen LogP contribution in [0, 0.1) is 11.9 Å². The van der Waals surface area contributed by atoms with Crippen LogP contribution in [-0.4, -0.2) is 0 Å². The Morgan fingerprint density at radius 3 is 2.36 bits per heavy atom. The van der Waals surface area contributed by atoms with Gasteiger partial charge in [0.15, 0.2) is 0 Å². The van der Waals surface area contributed by atoms with Crippen LogP contribution in [-0.2, 0) is 0 Å². The van der Waals surface area contributed by atoms with E-state index in [0.717, 1.165) is 11.1 Å². The van der Waals surface area contributed by atoms with Gasteiger partial charge in [-0.3, -0.25) is 0 Å². The van der Waals surface area contributed by atoms with Gasteiger partial charge in [-0.2, -0.15) is 0 Å². The highest BCUT2D eigenvalue weighted by Gasteiger charge is 2.03. The Hall–Kier alpha value is -1.34. The van der Waals surface area contributed by atoms with E-state index in [4.69, 9.17) is 11.6 Å². The minimum absolute atomic E-state index is 0.316. The highest BCUT2D eigenvalue weighted by molar-refractivity contribution is 6.33. The SMILES string of the molecule is Fc1[c]c(Cl)c(-c2ccccc2)cc1. The molecule has 0 nitrogen and oxygen atoms in total. The zero-order valence-corrected chi connectivity index (χ0v) is 8.05. The lowest BCUT2D eigenvalue weighted by molar-refractivity contribution is 0.626. The summed E-state index contributed by atoms with van der Waals surface area (Å²) in [5.74, 6) is -0.435. The second kappa shape index (κ2) is 3.81. The van der Waals surface area contributed by atoms with E-state index in [0.29, 0.717) is 5.02 Å². The lowest BCUT2D eigenvalue weighted by Gasteiger charge is -2.03. The Morgan fingerprint density at radius 2 is 1.71 bits per heavy atom. The molecule has 0 spiro atoms. The maximum absolute atomic E-state index is 12.7. The van der Waals surface area contributed by atoms with Gasteiger partial charge in [0.05, 0.1) is 5.02 Å². The van der Waals surface area contributed by atoms with Crippen LogP contribution < -0.4 is 0 Å². The monoisotopic (exact) mass is 205 g/mol. The summed E-state index contributed by atoms with van der Waals surface area (Å²) >= 11 is 5.87. The van der Waals surface area contributed by atoms with Crippen molar-refractivity contribution in [3.63, 3.8) is 0 Å². The summed E-state index contributed by atoms with van der Waals surface area (Å²) in [6.07, 6.45) is 0. The van der Waals surface area contributed by atoms with Gasteiger partial charge in [0, 0.05) is 11.6 Å². The first-order valence-corrected chi connectivity index (χ1v) is 4.58. The zero-order valence-electron chi connectivity index (χ0n) is 7.30. The summed E-state index contributed by atoms with van der Waals surface area (Å²) in [7, 11) is 0. The summed E-state index contributed by atoms with van der Waals surface area (Å²) in [6.45, 7) is 0. The van der Waals surface area contributed by atoms with Crippen LogP contribution in [0.15, 0.2) is 42.5 Å². The van der Waals surface area contributed by atoms with E-state index in [1.54, 1.807) is 6.07 Å². The van der Waals surface area contributed by atoms with E-state index in [9.17, 15) is 4.39 Å². The highest BCUT2D eigenvalue weighted by atomic mass is 35.5. The molecular weight excluding hydrogens is 199 g/mol. The minimum Gasteiger partial charge on any atom is -0.206 e. The van der Waals surface area contributed by atoms with Crippen molar-refractivity contribution in [2.75, 3.05) is 0 Å². The molecule has 0 unspecified atom stereocenters. The molecule has 2 aromatic rings. The number of benzene rings is 2. The smallest absolute Gasteiger partial charge is 0.132 e. The van der Waals surface area contributed by atoms with Gasteiger partial charge in [-0.15, -0.1) is 0 Å². The molecule has 0 aliphatic rings. The van der Waals surface area contributed by atoms with Crippen LogP contribution in [0.3, 0.4) is 0 Å². The van der Waals surface area contributed by atoms with Gasteiger partial charge < -0.3 is 0 Å². The van der Waals surface area contributed by atoms with Crippen molar-refractivity contribution < 1.29 is 4.39 Å². The van der Waals surface area contributed by atoms with Gasteiger partial charge >= 0.3 is 0 Å². The van der Waals surface area contributed by atoms with Crippen molar-refractivity contribution in [2.24, 2.45) is 0 Å². The van der Waals surface area contributed by atoms with Gasteiger partial charge in [0.1, 0.15) is 5.82 Å². The summed E-state index contributed by atoms with van der Waals surface area (Å²) < 4.78 is 12.7. The molecule has 0 saturated carbocycles. The van der Waals surface area contributed by atoms with Gasteiger partial charge in [-0.25, -0.2) is 4.39 Å². The van der Waals surface area contributed by atoms with E-state index in [1.165, 1.54) is 6.07 Å².